The summed E-state index contributed by atoms with van der Waals surface area (Å²) < 4.78 is 7.02. The third-order valence-electron chi connectivity index (χ3n) is 2.53. The number of carbonyl (C=O) groups is 1. The van der Waals surface area contributed by atoms with Gasteiger partial charge in [-0.25, -0.2) is 4.68 Å². The van der Waals surface area contributed by atoms with Crippen molar-refractivity contribution in [1.29, 1.82) is 0 Å². The Balaban J connectivity index is 2.02. The van der Waals surface area contributed by atoms with Crippen LogP contribution in [0.1, 0.15) is 10.5 Å². The number of thiol groups is 1. The van der Waals surface area contributed by atoms with E-state index in [1.807, 2.05) is 12.1 Å². The van der Waals surface area contributed by atoms with Gasteiger partial charge in [0.15, 0.2) is 6.73 Å². The van der Waals surface area contributed by atoms with Crippen LogP contribution in [-0.4, -0.2) is 28.0 Å². The molecule has 0 radical (unpaired) electrons. The standard InChI is InChI=1S/C13H14ClN3O2S/c14-10-3-1-2-4-12(10)19-9-17-11(5-6-16-17)13(18)15-7-8-20/h1-6,20H,7-9H2,(H,15,18). The summed E-state index contributed by atoms with van der Waals surface area (Å²) in [5.74, 6) is 0.918. The van der Waals surface area contributed by atoms with Gasteiger partial charge in [0.05, 0.1) is 5.02 Å². The predicted molar refractivity (Wildman–Crippen MR) is 80.5 cm³/mol. The molecule has 0 saturated heterocycles. The first kappa shape index (κ1) is 14.7. The van der Waals surface area contributed by atoms with Crippen molar-refractivity contribution in [3.63, 3.8) is 0 Å². The fourth-order valence-electron chi connectivity index (χ4n) is 1.58. The van der Waals surface area contributed by atoms with Crippen molar-refractivity contribution < 1.29 is 9.53 Å². The molecule has 0 atom stereocenters. The van der Waals surface area contributed by atoms with Gasteiger partial charge in [-0.3, -0.25) is 4.79 Å². The number of halogens is 1. The Hall–Kier alpha value is -1.66. The second-order valence-corrected chi connectivity index (χ2v) is 4.75. The van der Waals surface area contributed by atoms with E-state index in [1.165, 1.54) is 4.68 Å². The van der Waals surface area contributed by atoms with Crippen molar-refractivity contribution in [3.8, 4) is 5.75 Å². The van der Waals surface area contributed by atoms with Crippen molar-refractivity contribution in [3.05, 3.63) is 47.2 Å². The number of rotatable bonds is 6. The first-order valence-corrected chi connectivity index (χ1v) is 7.01. The summed E-state index contributed by atoms with van der Waals surface area (Å²) >= 11 is 10.0. The minimum Gasteiger partial charge on any atom is -0.470 e. The molecular formula is C13H14ClN3O2S. The Morgan fingerprint density at radius 3 is 2.95 bits per heavy atom. The van der Waals surface area contributed by atoms with E-state index in [1.54, 1.807) is 24.4 Å². The maximum absolute atomic E-state index is 11.9. The summed E-state index contributed by atoms with van der Waals surface area (Å²) in [7, 11) is 0. The van der Waals surface area contributed by atoms with Gasteiger partial charge < -0.3 is 10.1 Å². The van der Waals surface area contributed by atoms with Crippen LogP contribution in [0.25, 0.3) is 0 Å². The smallest absolute Gasteiger partial charge is 0.269 e. The average molecular weight is 312 g/mol. The highest BCUT2D eigenvalue weighted by molar-refractivity contribution is 7.80. The maximum Gasteiger partial charge on any atom is 0.269 e. The van der Waals surface area contributed by atoms with Gasteiger partial charge in [-0.05, 0) is 18.2 Å². The van der Waals surface area contributed by atoms with E-state index in [0.717, 1.165) is 0 Å². The Bertz CT molecular complexity index is 589. The molecule has 7 heteroatoms. The van der Waals surface area contributed by atoms with Gasteiger partial charge >= 0.3 is 0 Å². The zero-order chi connectivity index (χ0) is 14.4. The monoisotopic (exact) mass is 311 g/mol. The first-order valence-electron chi connectivity index (χ1n) is 6.00. The molecule has 0 aliphatic rings. The van der Waals surface area contributed by atoms with Crippen molar-refractivity contribution in [2.24, 2.45) is 0 Å². The Labute approximate surface area is 127 Å². The molecule has 0 aliphatic heterocycles. The van der Waals surface area contributed by atoms with E-state index in [9.17, 15) is 4.79 Å². The summed E-state index contributed by atoms with van der Waals surface area (Å²) in [6, 6.07) is 8.76. The van der Waals surface area contributed by atoms with Crippen LogP contribution in [-0.2, 0) is 6.73 Å². The molecule has 0 spiro atoms. The molecule has 1 aromatic heterocycles. The minimum atomic E-state index is -0.209. The van der Waals surface area contributed by atoms with E-state index < -0.39 is 0 Å². The molecule has 0 bridgehead atoms. The van der Waals surface area contributed by atoms with Crippen LogP contribution in [0.4, 0.5) is 0 Å². The number of benzene rings is 1. The lowest BCUT2D eigenvalue weighted by Crippen LogP contribution is -2.28. The zero-order valence-corrected chi connectivity index (χ0v) is 12.3. The maximum atomic E-state index is 11.9. The van der Waals surface area contributed by atoms with Gasteiger partial charge in [-0.15, -0.1) is 0 Å². The van der Waals surface area contributed by atoms with E-state index in [0.29, 0.717) is 28.8 Å². The molecule has 0 saturated carbocycles. The summed E-state index contributed by atoms with van der Waals surface area (Å²) in [5.41, 5.74) is 0.429. The lowest BCUT2D eigenvalue weighted by molar-refractivity contribution is 0.0935. The second-order valence-electron chi connectivity index (χ2n) is 3.90. The molecule has 106 valence electrons. The molecule has 0 aliphatic carbocycles. The van der Waals surface area contributed by atoms with Crippen LogP contribution in [0.3, 0.4) is 0 Å². The molecule has 1 N–H and O–H groups in total. The van der Waals surface area contributed by atoms with E-state index >= 15 is 0 Å². The number of carbonyl (C=O) groups excluding carboxylic acids is 1. The predicted octanol–water partition coefficient (Wildman–Crippen LogP) is 2.23. The van der Waals surface area contributed by atoms with Crippen LogP contribution >= 0.6 is 24.2 Å². The number of hydrogen-bond donors (Lipinski definition) is 2. The largest absolute Gasteiger partial charge is 0.470 e. The van der Waals surface area contributed by atoms with Crippen LogP contribution in [0, 0.1) is 0 Å². The Kier molecular flexibility index (Phi) is 5.31. The van der Waals surface area contributed by atoms with Gasteiger partial charge in [0, 0.05) is 18.5 Å². The summed E-state index contributed by atoms with van der Waals surface area (Å²) in [6.07, 6.45) is 1.55. The number of ether oxygens (including phenoxy) is 1. The SMILES string of the molecule is O=C(NCCS)c1ccnn1COc1ccccc1Cl. The number of nitrogens with one attached hydrogen (secondary N) is 1. The highest BCUT2D eigenvalue weighted by Gasteiger charge is 2.11. The molecule has 20 heavy (non-hydrogen) atoms. The average Bonchev–Trinajstić information content (AvgIpc) is 2.92. The highest BCUT2D eigenvalue weighted by atomic mass is 35.5. The van der Waals surface area contributed by atoms with Crippen LogP contribution in [0.2, 0.25) is 5.02 Å². The lowest BCUT2D eigenvalue weighted by Gasteiger charge is -2.10. The van der Waals surface area contributed by atoms with Gasteiger partial charge in [0.25, 0.3) is 5.91 Å². The quantitative estimate of drug-likeness (QED) is 0.804. The summed E-state index contributed by atoms with van der Waals surface area (Å²) in [4.78, 5) is 11.9. The zero-order valence-electron chi connectivity index (χ0n) is 10.6. The number of aromatic nitrogens is 2. The van der Waals surface area contributed by atoms with Gasteiger partial charge in [-0.1, -0.05) is 23.7 Å². The van der Waals surface area contributed by atoms with Gasteiger partial charge in [-0.2, -0.15) is 17.7 Å². The number of para-hydroxylation sites is 1. The van der Waals surface area contributed by atoms with Crippen molar-refractivity contribution >= 4 is 30.1 Å². The van der Waals surface area contributed by atoms with Crippen LogP contribution in [0.5, 0.6) is 5.75 Å². The fourth-order valence-corrected chi connectivity index (χ4v) is 1.88. The Morgan fingerprint density at radius 2 is 2.20 bits per heavy atom. The molecule has 2 rings (SSSR count). The molecule has 0 fully saturated rings. The van der Waals surface area contributed by atoms with E-state index in [4.69, 9.17) is 16.3 Å². The summed E-state index contributed by atoms with van der Waals surface area (Å²) in [6.45, 7) is 0.610. The van der Waals surface area contributed by atoms with Crippen molar-refractivity contribution in [2.45, 2.75) is 6.73 Å². The fraction of sp³-hybridized carbons (Fsp3) is 0.231. The van der Waals surface area contributed by atoms with Crippen molar-refractivity contribution in [2.75, 3.05) is 12.3 Å². The van der Waals surface area contributed by atoms with Crippen LogP contribution < -0.4 is 10.1 Å². The molecule has 5 nitrogen and oxygen atoms in total. The molecule has 1 amide bonds. The second kappa shape index (κ2) is 7.21. The number of amides is 1. The van der Waals surface area contributed by atoms with Crippen LogP contribution in [0.15, 0.2) is 36.5 Å². The van der Waals surface area contributed by atoms with Gasteiger partial charge in [0.1, 0.15) is 11.4 Å². The van der Waals surface area contributed by atoms with E-state index in [-0.39, 0.29) is 12.6 Å². The third kappa shape index (κ3) is 3.68. The van der Waals surface area contributed by atoms with Crippen molar-refractivity contribution in [1.82, 2.24) is 15.1 Å². The topological polar surface area (TPSA) is 56.2 Å². The number of hydrogen-bond acceptors (Lipinski definition) is 4. The molecule has 0 unspecified atom stereocenters. The molecule has 2 aromatic rings. The minimum absolute atomic E-state index is 0.111. The summed E-state index contributed by atoms with van der Waals surface area (Å²) in [5, 5.41) is 7.30. The molecule has 1 heterocycles. The first-order chi connectivity index (χ1) is 9.72. The van der Waals surface area contributed by atoms with E-state index in [2.05, 4.69) is 23.0 Å². The highest BCUT2D eigenvalue weighted by Crippen LogP contribution is 2.23. The molecular weight excluding hydrogens is 298 g/mol. The third-order valence-corrected chi connectivity index (χ3v) is 3.06. The lowest BCUT2D eigenvalue weighted by atomic mass is 10.3. The van der Waals surface area contributed by atoms with Gasteiger partial charge in [0.2, 0.25) is 0 Å². The normalized spacial score (nSPS) is 10.3. The molecule has 1 aromatic carbocycles. The number of nitrogens with zero attached hydrogens (tertiary/aromatic N) is 2. The Morgan fingerprint density at radius 1 is 1.40 bits per heavy atom.